The maximum Gasteiger partial charge on any atom is 0.258 e. The largest absolute Gasteiger partial charge is 0.484 e. The molecular formula is C26H23N3O3. The van der Waals surface area contributed by atoms with Crippen molar-refractivity contribution in [2.24, 2.45) is 0 Å². The molecule has 4 rings (SSSR count). The van der Waals surface area contributed by atoms with Crippen molar-refractivity contribution in [2.75, 3.05) is 6.61 Å². The van der Waals surface area contributed by atoms with Crippen molar-refractivity contribution < 1.29 is 14.3 Å². The lowest BCUT2D eigenvalue weighted by molar-refractivity contribution is -0.123. The Kier molecular flexibility index (Phi) is 6.41. The number of ether oxygens (including phenoxy) is 1. The number of ketones is 1. The van der Waals surface area contributed by atoms with Crippen LogP contribution in [0.2, 0.25) is 0 Å². The number of benzene rings is 3. The maximum absolute atomic E-state index is 12.4. The summed E-state index contributed by atoms with van der Waals surface area (Å²) in [5, 5.41) is 7.65. The number of amides is 1. The summed E-state index contributed by atoms with van der Waals surface area (Å²) >= 11 is 0. The first-order valence-electron chi connectivity index (χ1n) is 10.3. The van der Waals surface area contributed by atoms with E-state index in [0.717, 1.165) is 22.5 Å². The molecule has 0 aliphatic rings. The van der Waals surface area contributed by atoms with Gasteiger partial charge in [0.15, 0.2) is 12.4 Å². The third-order valence-corrected chi connectivity index (χ3v) is 4.96. The molecule has 1 heterocycles. The first-order chi connectivity index (χ1) is 15.6. The summed E-state index contributed by atoms with van der Waals surface area (Å²) in [5.74, 6) is 0.277. The highest BCUT2D eigenvalue weighted by atomic mass is 16.5. The van der Waals surface area contributed by atoms with E-state index in [0.29, 0.717) is 17.9 Å². The second kappa shape index (κ2) is 9.75. The summed E-state index contributed by atoms with van der Waals surface area (Å²) in [6.07, 6.45) is 1.93. The Hall–Kier alpha value is -4.19. The number of hydrogen-bond acceptors (Lipinski definition) is 4. The standard InChI is InChI=1S/C26H23N3O3/c1-19(30)20-12-14-24(15-13-20)32-18-25(31)27-16-22-17-29(23-10-6-3-7-11-23)28-26(22)21-8-4-2-5-9-21/h2-15,17H,16,18H2,1H3,(H,27,31). The quantitative estimate of drug-likeness (QED) is 0.424. The van der Waals surface area contributed by atoms with Crippen LogP contribution in [0.15, 0.2) is 91.1 Å². The average Bonchev–Trinajstić information content (AvgIpc) is 3.27. The summed E-state index contributed by atoms with van der Waals surface area (Å²) in [5.41, 5.74) is 4.24. The molecule has 32 heavy (non-hydrogen) atoms. The molecule has 0 fully saturated rings. The SMILES string of the molecule is CC(=O)c1ccc(OCC(=O)NCc2cn(-c3ccccc3)nc2-c2ccccc2)cc1. The molecular weight excluding hydrogens is 402 g/mol. The predicted octanol–water partition coefficient (Wildman–Crippen LogP) is 4.44. The number of hydrogen-bond donors (Lipinski definition) is 1. The van der Waals surface area contributed by atoms with E-state index in [1.165, 1.54) is 6.92 Å². The number of aromatic nitrogens is 2. The Morgan fingerprint density at radius 1 is 0.906 bits per heavy atom. The van der Waals surface area contributed by atoms with Gasteiger partial charge in [-0.2, -0.15) is 5.10 Å². The molecule has 0 radical (unpaired) electrons. The number of para-hydroxylation sites is 1. The minimum atomic E-state index is -0.243. The van der Waals surface area contributed by atoms with E-state index in [9.17, 15) is 9.59 Å². The van der Waals surface area contributed by atoms with Crippen LogP contribution in [0.1, 0.15) is 22.8 Å². The summed E-state index contributed by atoms with van der Waals surface area (Å²) in [4.78, 5) is 23.7. The van der Waals surface area contributed by atoms with Crippen molar-refractivity contribution in [1.82, 2.24) is 15.1 Å². The molecule has 6 heteroatoms. The molecule has 1 amide bonds. The number of nitrogens with one attached hydrogen (secondary N) is 1. The van der Waals surface area contributed by atoms with Crippen molar-refractivity contribution in [3.63, 3.8) is 0 Å². The predicted molar refractivity (Wildman–Crippen MR) is 123 cm³/mol. The monoisotopic (exact) mass is 425 g/mol. The molecule has 6 nitrogen and oxygen atoms in total. The van der Waals surface area contributed by atoms with Gasteiger partial charge in [-0.25, -0.2) is 4.68 Å². The van der Waals surface area contributed by atoms with Crippen LogP contribution in [0.25, 0.3) is 16.9 Å². The number of carbonyl (C=O) groups excluding carboxylic acids is 2. The molecule has 0 aliphatic carbocycles. The van der Waals surface area contributed by atoms with Gasteiger partial charge in [-0.05, 0) is 43.3 Å². The highest BCUT2D eigenvalue weighted by molar-refractivity contribution is 5.94. The normalized spacial score (nSPS) is 10.5. The molecule has 0 aliphatic heterocycles. The summed E-state index contributed by atoms with van der Waals surface area (Å²) in [6, 6.07) is 26.4. The van der Waals surface area contributed by atoms with Gasteiger partial charge in [-0.3, -0.25) is 9.59 Å². The zero-order valence-corrected chi connectivity index (χ0v) is 17.7. The van der Waals surface area contributed by atoms with E-state index >= 15 is 0 Å². The van der Waals surface area contributed by atoms with Crippen LogP contribution in [0.5, 0.6) is 5.75 Å². The third kappa shape index (κ3) is 5.10. The highest BCUT2D eigenvalue weighted by Crippen LogP contribution is 2.23. The fourth-order valence-electron chi connectivity index (χ4n) is 3.27. The van der Waals surface area contributed by atoms with Crippen molar-refractivity contribution in [1.29, 1.82) is 0 Å². The van der Waals surface area contributed by atoms with Crippen molar-refractivity contribution in [3.8, 4) is 22.7 Å². The van der Waals surface area contributed by atoms with Gasteiger partial charge in [0.25, 0.3) is 5.91 Å². The van der Waals surface area contributed by atoms with Crippen LogP contribution >= 0.6 is 0 Å². The van der Waals surface area contributed by atoms with E-state index < -0.39 is 0 Å². The second-order valence-corrected chi connectivity index (χ2v) is 7.30. The van der Waals surface area contributed by atoms with Crippen LogP contribution < -0.4 is 10.1 Å². The lowest BCUT2D eigenvalue weighted by Crippen LogP contribution is -2.28. The molecule has 0 spiro atoms. The third-order valence-electron chi connectivity index (χ3n) is 4.96. The lowest BCUT2D eigenvalue weighted by Gasteiger charge is -2.08. The molecule has 4 aromatic rings. The minimum Gasteiger partial charge on any atom is -0.484 e. The van der Waals surface area contributed by atoms with Gasteiger partial charge in [0.2, 0.25) is 0 Å². The topological polar surface area (TPSA) is 73.2 Å². The van der Waals surface area contributed by atoms with E-state index in [2.05, 4.69) is 5.32 Å². The molecule has 160 valence electrons. The molecule has 0 unspecified atom stereocenters. The van der Waals surface area contributed by atoms with Crippen LogP contribution in [-0.2, 0) is 11.3 Å². The number of rotatable bonds is 8. The number of nitrogens with zero attached hydrogens (tertiary/aromatic N) is 2. The molecule has 1 N–H and O–H groups in total. The van der Waals surface area contributed by atoms with Gasteiger partial charge >= 0.3 is 0 Å². The van der Waals surface area contributed by atoms with Gasteiger partial charge < -0.3 is 10.1 Å². The first-order valence-corrected chi connectivity index (χ1v) is 10.3. The van der Waals surface area contributed by atoms with Crippen LogP contribution in [0.4, 0.5) is 0 Å². The molecule has 0 saturated carbocycles. The van der Waals surface area contributed by atoms with Gasteiger partial charge in [-0.15, -0.1) is 0 Å². The Labute approximate surface area is 186 Å². The second-order valence-electron chi connectivity index (χ2n) is 7.30. The highest BCUT2D eigenvalue weighted by Gasteiger charge is 2.13. The van der Waals surface area contributed by atoms with Crippen molar-refractivity contribution in [3.05, 3.63) is 102 Å². The Morgan fingerprint density at radius 3 is 2.22 bits per heavy atom. The summed E-state index contributed by atoms with van der Waals surface area (Å²) in [6.45, 7) is 1.71. The van der Waals surface area contributed by atoms with Gasteiger partial charge in [-0.1, -0.05) is 48.5 Å². The van der Waals surface area contributed by atoms with Gasteiger partial charge in [0.05, 0.1) is 11.4 Å². The zero-order valence-electron chi connectivity index (χ0n) is 17.7. The van der Waals surface area contributed by atoms with Gasteiger partial charge in [0, 0.05) is 29.4 Å². The van der Waals surface area contributed by atoms with Crippen molar-refractivity contribution >= 4 is 11.7 Å². The minimum absolute atomic E-state index is 0.0143. The van der Waals surface area contributed by atoms with Crippen molar-refractivity contribution in [2.45, 2.75) is 13.5 Å². The smallest absolute Gasteiger partial charge is 0.258 e. The Morgan fingerprint density at radius 2 is 1.56 bits per heavy atom. The van der Waals surface area contributed by atoms with Crippen LogP contribution in [-0.4, -0.2) is 28.1 Å². The number of carbonyl (C=O) groups is 2. The van der Waals surface area contributed by atoms with Crippen LogP contribution in [0, 0.1) is 0 Å². The van der Waals surface area contributed by atoms with E-state index in [-0.39, 0.29) is 18.3 Å². The zero-order chi connectivity index (χ0) is 22.3. The van der Waals surface area contributed by atoms with E-state index in [1.54, 1.807) is 24.3 Å². The van der Waals surface area contributed by atoms with E-state index in [1.807, 2.05) is 71.5 Å². The van der Waals surface area contributed by atoms with Crippen LogP contribution in [0.3, 0.4) is 0 Å². The fraction of sp³-hybridized carbons (Fsp3) is 0.115. The Balaban J connectivity index is 1.44. The number of Topliss-reactive ketones (excluding diaryl/α,β-unsaturated/α-hetero) is 1. The van der Waals surface area contributed by atoms with Gasteiger partial charge in [0.1, 0.15) is 5.75 Å². The van der Waals surface area contributed by atoms with E-state index in [4.69, 9.17) is 9.84 Å². The molecule has 1 aromatic heterocycles. The summed E-state index contributed by atoms with van der Waals surface area (Å²) in [7, 11) is 0. The molecule has 0 saturated heterocycles. The lowest BCUT2D eigenvalue weighted by atomic mass is 10.1. The first kappa shape index (κ1) is 21.1. The Bertz CT molecular complexity index is 1200. The average molecular weight is 425 g/mol. The molecule has 0 atom stereocenters. The maximum atomic E-state index is 12.4. The summed E-state index contributed by atoms with van der Waals surface area (Å²) < 4.78 is 7.35. The fourth-order valence-corrected chi connectivity index (χ4v) is 3.27. The molecule has 0 bridgehead atoms. The molecule has 3 aromatic carbocycles.